The smallest absolute Gasteiger partial charge is 0.147 e. The van der Waals surface area contributed by atoms with E-state index in [1.165, 1.54) is 0 Å². The molecule has 0 radical (unpaired) electrons. The molecule has 1 rings (SSSR count). The van der Waals surface area contributed by atoms with Gasteiger partial charge in [0.15, 0.2) is 0 Å². The lowest BCUT2D eigenvalue weighted by molar-refractivity contribution is -0.118. The second-order valence-corrected chi connectivity index (χ2v) is 3.05. The van der Waals surface area contributed by atoms with Crippen LogP contribution in [0.2, 0.25) is 0 Å². The van der Waals surface area contributed by atoms with Crippen molar-refractivity contribution in [1.82, 2.24) is 0 Å². The summed E-state index contributed by atoms with van der Waals surface area (Å²) in [6.07, 6.45) is 3.79. The van der Waals surface area contributed by atoms with Gasteiger partial charge in [0.1, 0.15) is 5.78 Å². The van der Waals surface area contributed by atoms with Gasteiger partial charge in [0.05, 0.1) is 18.6 Å². The van der Waals surface area contributed by atoms with Crippen LogP contribution in [0.5, 0.6) is 0 Å². The molecule has 1 fully saturated rings. The van der Waals surface area contributed by atoms with Crippen LogP contribution in [0.25, 0.3) is 0 Å². The zero-order valence-corrected chi connectivity index (χ0v) is 7.08. The summed E-state index contributed by atoms with van der Waals surface area (Å²) in [7, 11) is 0. The van der Waals surface area contributed by atoms with E-state index in [1.54, 1.807) is 0 Å². The predicted octanol–water partition coefficient (Wildman–Crippen LogP) is 1.43. The van der Waals surface area contributed by atoms with Crippen molar-refractivity contribution in [2.75, 3.05) is 6.61 Å². The van der Waals surface area contributed by atoms with Gasteiger partial charge in [0, 0.05) is 13.0 Å². The fourth-order valence-electron chi connectivity index (χ4n) is 1.37. The van der Waals surface area contributed by atoms with Gasteiger partial charge in [-0.3, -0.25) is 4.79 Å². The van der Waals surface area contributed by atoms with Crippen LogP contribution in [0.4, 0.5) is 0 Å². The van der Waals surface area contributed by atoms with Crippen LogP contribution < -0.4 is 0 Å². The molecule has 66 valence electrons. The lowest BCUT2D eigenvalue weighted by atomic mass is 10.1. The largest absolute Gasteiger partial charge is 0.378 e. The molecule has 0 spiro atoms. The number of rotatable bonds is 4. The van der Waals surface area contributed by atoms with Gasteiger partial charge >= 0.3 is 0 Å². The number of carbonyl (C=O) groups excluding carboxylic acids is 1. The normalized spacial score (nSPS) is 22.1. The van der Waals surface area contributed by atoms with Crippen LogP contribution in [0.3, 0.4) is 0 Å². The van der Waals surface area contributed by atoms with Crippen molar-refractivity contribution in [2.45, 2.75) is 38.2 Å². The molecule has 1 unspecified atom stereocenters. The van der Waals surface area contributed by atoms with Crippen molar-refractivity contribution < 1.29 is 9.53 Å². The number of ether oxygens (including phenoxy) is 1. The van der Waals surface area contributed by atoms with E-state index in [4.69, 9.17) is 10.00 Å². The molecule has 3 nitrogen and oxygen atoms in total. The molecular weight excluding hydrogens is 154 g/mol. The standard InChI is InChI=1S/C9H13NO2/c10-6-5-8(11)3-4-9-2-1-7-12-9/h9H,1-5,7H2. The molecule has 0 N–H and O–H groups in total. The first-order valence-corrected chi connectivity index (χ1v) is 4.33. The number of nitriles is 1. The van der Waals surface area contributed by atoms with Crippen LogP contribution >= 0.6 is 0 Å². The van der Waals surface area contributed by atoms with E-state index in [1.807, 2.05) is 6.07 Å². The maximum atomic E-state index is 10.9. The summed E-state index contributed by atoms with van der Waals surface area (Å²) in [5.41, 5.74) is 0. The maximum absolute atomic E-state index is 10.9. The lowest BCUT2D eigenvalue weighted by Gasteiger charge is -2.06. The highest BCUT2D eigenvalue weighted by Gasteiger charge is 2.16. The van der Waals surface area contributed by atoms with Crippen molar-refractivity contribution in [2.24, 2.45) is 0 Å². The molecule has 0 bridgehead atoms. The average Bonchev–Trinajstić information content (AvgIpc) is 2.53. The number of hydrogen-bond acceptors (Lipinski definition) is 3. The maximum Gasteiger partial charge on any atom is 0.147 e. The summed E-state index contributed by atoms with van der Waals surface area (Å²) >= 11 is 0. The van der Waals surface area contributed by atoms with E-state index in [0.29, 0.717) is 6.42 Å². The van der Waals surface area contributed by atoms with Gasteiger partial charge in [0.2, 0.25) is 0 Å². The van der Waals surface area contributed by atoms with E-state index in [2.05, 4.69) is 0 Å². The first-order chi connectivity index (χ1) is 5.83. The Bertz CT molecular complexity index is 189. The fraction of sp³-hybridized carbons (Fsp3) is 0.778. The Hall–Kier alpha value is -0.880. The van der Waals surface area contributed by atoms with Gasteiger partial charge < -0.3 is 4.74 Å². The monoisotopic (exact) mass is 167 g/mol. The Morgan fingerprint density at radius 1 is 1.67 bits per heavy atom. The van der Waals surface area contributed by atoms with Gasteiger partial charge in [0.25, 0.3) is 0 Å². The molecule has 0 aliphatic carbocycles. The molecule has 1 atom stereocenters. The number of carbonyl (C=O) groups is 1. The molecular formula is C9H13NO2. The summed E-state index contributed by atoms with van der Waals surface area (Å²) in [4.78, 5) is 10.9. The van der Waals surface area contributed by atoms with E-state index in [9.17, 15) is 4.79 Å². The lowest BCUT2D eigenvalue weighted by Crippen LogP contribution is -2.07. The fourth-order valence-corrected chi connectivity index (χ4v) is 1.37. The van der Waals surface area contributed by atoms with Gasteiger partial charge in [-0.1, -0.05) is 0 Å². The minimum absolute atomic E-state index is 0.0352. The van der Waals surface area contributed by atoms with E-state index >= 15 is 0 Å². The van der Waals surface area contributed by atoms with Crippen LogP contribution in [0.15, 0.2) is 0 Å². The van der Waals surface area contributed by atoms with E-state index < -0.39 is 0 Å². The van der Waals surface area contributed by atoms with Crippen LogP contribution in [0, 0.1) is 11.3 Å². The molecule has 1 heterocycles. The average molecular weight is 167 g/mol. The minimum atomic E-state index is 0.0352. The predicted molar refractivity (Wildman–Crippen MR) is 43.4 cm³/mol. The molecule has 0 aromatic carbocycles. The molecule has 3 heteroatoms. The van der Waals surface area contributed by atoms with Gasteiger partial charge in [-0.2, -0.15) is 5.26 Å². The van der Waals surface area contributed by atoms with Gasteiger partial charge in [-0.25, -0.2) is 0 Å². The van der Waals surface area contributed by atoms with Crippen molar-refractivity contribution in [3.05, 3.63) is 0 Å². The van der Waals surface area contributed by atoms with E-state index in [-0.39, 0.29) is 18.3 Å². The highest BCUT2D eigenvalue weighted by Crippen LogP contribution is 2.16. The number of hydrogen-bond donors (Lipinski definition) is 0. The summed E-state index contributed by atoms with van der Waals surface area (Å²) in [5, 5.41) is 8.23. The van der Waals surface area contributed by atoms with Gasteiger partial charge in [-0.05, 0) is 19.3 Å². The van der Waals surface area contributed by atoms with Crippen molar-refractivity contribution >= 4 is 5.78 Å². The summed E-state index contributed by atoms with van der Waals surface area (Å²) in [5.74, 6) is 0.0352. The zero-order valence-electron chi connectivity index (χ0n) is 7.08. The van der Waals surface area contributed by atoms with Crippen molar-refractivity contribution in [3.8, 4) is 6.07 Å². The minimum Gasteiger partial charge on any atom is -0.378 e. The Kier molecular flexibility index (Phi) is 3.75. The molecule has 0 saturated carbocycles. The van der Waals surface area contributed by atoms with Crippen LogP contribution in [-0.4, -0.2) is 18.5 Å². The SMILES string of the molecule is N#CCC(=O)CCC1CCCO1. The quantitative estimate of drug-likeness (QED) is 0.636. The number of nitrogens with zero attached hydrogens (tertiary/aromatic N) is 1. The Morgan fingerprint density at radius 2 is 2.50 bits per heavy atom. The first kappa shape index (κ1) is 9.21. The van der Waals surface area contributed by atoms with Gasteiger partial charge in [-0.15, -0.1) is 0 Å². The highest BCUT2D eigenvalue weighted by molar-refractivity contribution is 5.80. The molecule has 0 amide bonds. The highest BCUT2D eigenvalue weighted by atomic mass is 16.5. The van der Waals surface area contributed by atoms with Crippen LogP contribution in [0.1, 0.15) is 32.1 Å². The number of ketones is 1. The second kappa shape index (κ2) is 4.89. The summed E-state index contributed by atoms with van der Waals surface area (Å²) in [6, 6.07) is 1.85. The molecule has 1 saturated heterocycles. The van der Waals surface area contributed by atoms with Crippen LogP contribution in [-0.2, 0) is 9.53 Å². The number of Topliss-reactive ketones (excluding diaryl/α,β-unsaturated/α-hetero) is 1. The molecule has 0 aromatic rings. The summed E-state index contributed by atoms with van der Waals surface area (Å²) < 4.78 is 5.35. The topological polar surface area (TPSA) is 50.1 Å². The first-order valence-electron chi connectivity index (χ1n) is 4.33. The zero-order chi connectivity index (χ0) is 8.81. The molecule has 0 aromatic heterocycles. The Labute approximate surface area is 72.3 Å². The molecule has 1 aliphatic rings. The second-order valence-electron chi connectivity index (χ2n) is 3.05. The third-order valence-electron chi connectivity index (χ3n) is 2.05. The summed E-state index contributed by atoms with van der Waals surface area (Å²) in [6.45, 7) is 0.830. The molecule has 1 aliphatic heterocycles. The van der Waals surface area contributed by atoms with Crippen molar-refractivity contribution in [3.63, 3.8) is 0 Å². The Balaban J connectivity index is 2.08. The third kappa shape index (κ3) is 3.02. The van der Waals surface area contributed by atoms with E-state index in [0.717, 1.165) is 25.9 Å². The third-order valence-corrected chi connectivity index (χ3v) is 2.05. The molecule has 12 heavy (non-hydrogen) atoms. The van der Waals surface area contributed by atoms with Crippen molar-refractivity contribution in [1.29, 1.82) is 5.26 Å². The Morgan fingerprint density at radius 3 is 3.08 bits per heavy atom.